The smallest absolute Gasteiger partial charge is 0.0235 e. The molecule has 1 aliphatic rings. The Kier molecular flexibility index (Phi) is 3.42. The molecule has 72 valence electrons. The minimum Gasteiger partial charge on any atom is -0.298 e. The Morgan fingerprint density at radius 2 is 2.17 bits per heavy atom. The fourth-order valence-corrected chi connectivity index (χ4v) is 2.43. The fourth-order valence-electron chi connectivity index (χ4n) is 2.31. The monoisotopic (exact) mass is 189 g/mol. The van der Waals surface area contributed by atoms with Gasteiger partial charge in [-0.25, -0.2) is 0 Å². The molecule has 1 unspecified atom stereocenters. The summed E-state index contributed by atoms with van der Waals surface area (Å²) in [5.74, 6) is 1.65. The third kappa shape index (κ3) is 2.37. The summed E-state index contributed by atoms with van der Waals surface area (Å²) in [6.07, 6.45) is 2.45. The summed E-state index contributed by atoms with van der Waals surface area (Å²) in [7, 11) is 0. The summed E-state index contributed by atoms with van der Waals surface area (Å²) in [6.45, 7) is 9.43. The quantitative estimate of drug-likeness (QED) is 0.618. The van der Waals surface area contributed by atoms with E-state index in [-0.39, 0.29) is 0 Å². The van der Waals surface area contributed by atoms with Crippen molar-refractivity contribution in [3.8, 4) is 0 Å². The Bertz CT molecular complexity index is 145. The van der Waals surface area contributed by atoms with Gasteiger partial charge >= 0.3 is 0 Å². The van der Waals surface area contributed by atoms with Crippen LogP contribution < -0.4 is 0 Å². The highest BCUT2D eigenvalue weighted by atomic mass is 35.5. The van der Waals surface area contributed by atoms with Gasteiger partial charge in [0.05, 0.1) is 0 Å². The van der Waals surface area contributed by atoms with Crippen molar-refractivity contribution in [3.05, 3.63) is 0 Å². The molecule has 1 atom stereocenters. The van der Waals surface area contributed by atoms with Crippen LogP contribution in [0.15, 0.2) is 0 Å². The van der Waals surface area contributed by atoms with Gasteiger partial charge in [-0.05, 0) is 39.2 Å². The van der Waals surface area contributed by atoms with E-state index < -0.39 is 0 Å². The first-order chi connectivity index (χ1) is 5.56. The Morgan fingerprint density at radius 1 is 1.50 bits per heavy atom. The van der Waals surface area contributed by atoms with E-state index in [0.29, 0.717) is 5.54 Å². The first-order valence-electron chi connectivity index (χ1n) is 4.87. The highest BCUT2D eigenvalue weighted by molar-refractivity contribution is 6.17. The molecule has 0 amide bonds. The summed E-state index contributed by atoms with van der Waals surface area (Å²) in [6, 6.07) is 0. The molecule has 0 aromatic heterocycles. The van der Waals surface area contributed by atoms with Gasteiger partial charge in [0.15, 0.2) is 0 Å². The number of likely N-dealkylation sites (tertiary alicyclic amines) is 1. The van der Waals surface area contributed by atoms with E-state index >= 15 is 0 Å². The summed E-state index contributed by atoms with van der Waals surface area (Å²) in [5, 5.41) is 0. The molecule has 2 heteroatoms. The molecule has 1 heterocycles. The molecule has 12 heavy (non-hydrogen) atoms. The van der Waals surface area contributed by atoms with E-state index in [1.807, 2.05) is 0 Å². The lowest BCUT2D eigenvalue weighted by atomic mass is 9.98. The van der Waals surface area contributed by atoms with Crippen molar-refractivity contribution in [2.45, 2.75) is 39.2 Å². The van der Waals surface area contributed by atoms with Crippen LogP contribution >= 0.6 is 11.6 Å². The standard InChI is InChI=1S/C10H20ClN/c1-9-7-10(2,3)12(8-9)6-4-5-11/h9H,4-8H2,1-3H3. The number of halogens is 1. The zero-order chi connectivity index (χ0) is 9.19. The minimum absolute atomic E-state index is 0.408. The van der Waals surface area contributed by atoms with Crippen molar-refractivity contribution in [1.29, 1.82) is 0 Å². The Morgan fingerprint density at radius 3 is 2.58 bits per heavy atom. The van der Waals surface area contributed by atoms with Crippen LogP contribution in [0.2, 0.25) is 0 Å². The third-order valence-electron chi connectivity index (χ3n) is 2.80. The summed E-state index contributed by atoms with van der Waals surface area (Å²) >= 11 is 5.68. The van der Waals surface area contributed by atoms with Crippen molar-refractivity contribution in [3.63, 3.8) is 0 Å². The number of hydrogen-bond donors (Lipinski definition) is 0. The topological polar surface area (TPSA) is 3.24 Å². The largest absolute Gasteiger partial charge is 0.298 e. The Labute approximate surface area is 81.1 Å². The summed E-state index contributed by atoms with van der Waals surface area (Å²) in [4.78, 5) is 2.57. The highest BCUT2D eigenvalue weighted by Gasteiger charge is 2.35. The molecule has 0 bridgehead atoms. The van der Waals surface area contributed by atoms with Crippen LogP contribution in [0.3, 0.4) is 0 Å². The van der Waals surface area contributed by atoms with E-state index in [1.54, 1.807) is 0 Å². The van der Waals surface area contributed by atoms with Gasteiger partial charge in [0.1, 0.15) is 0 Å². The second-order valence-corrected chi connectivity index (χ2v) is 4.99. The van der Waals surface area contributed by atoms with Crippen molar-refractivity contribution >= 4 is 11.6 Å². The van der Waals surface area contributed by atoms with E-state index in [1.165, 1.54) is 19.5 Å². The highest BCUT2D eigenvalue weighted by Crippen LogP contribution is 2.31. The average molecular weight is 190 g/mol. The lowest BCUT2D eigenvalue weighted by Crippen LogP contribution is -2.38. The molecule has 0 N–H and O–H groups in total. The second-order valence-electron chi connectivity index (χ2n) is 4.61. The Hall–Kier alpha value is 0.250. The van der Waals surface area contributed by atoms with Crippen LogP contribution in [0.5, 0.6) is 0 Å². The first-order valence-corrected chi connectivity index (χ1v) is 5.41. The van der Waals surface area contributed by atoms with Gasteiger partial charge in [-0.1, -0.05) is 6.92 Å². The molecule has 0 aromatic carbocycles. The van der Waals surface area contributed by atoms with Crippen LogP contribution in [-0.4, -0.2) is 29.4 Å². The molecular formula is C10H20ClN. The molecule has 1 rings (SSSR count). The molecule has 1 nitrogen and oxygen atoms in total. The van der Waals surface area contributed by atoms with Crippen LogP contribution in [0, 0.1) is 5.92 Å². The first kappa shape index (κ1) is 10.3. The lowest BCUT2D eigenvalue weighted by Gasteiger charge is -2.31. The molecular weight excluding hydrogens is 170 g/mol. The second kappa shape index (κ2) is 3.97. The van der Waals surface area contributed by atoms with Gasteiger partial charge < -0.3 is 0 Å². The number of hydrogen-bond acceptors (Lipinski definition) is 1. The van der Waals surface area contributed by atoms with Crippen molar-refractivity contribution < 1.29 is 0 Å². The van der Waals surface area contributed by atoms with E-state index in [0.717, 1.165) is 18.2 Å². The Balaban J connectivity index is 2.42. The van der Waals surface area contributed by atoms with Crippen LogP contribution in [0.4, 0.5) is 0 Å². The predicted octanol–water partition coefficient (Wildman–Crippen LogP) is 2.74. The summed E-state index contributed by atoms with van der Waals surface area (Å²) in [5.41, 5.74) is 0.408. The predicted molar refractivity (Wildman–Crippen MR) is 54.8 cm³/mol. The molecule has 0 aromatic rings. The van der Waals surface area contributed by atoms with Crippen molar-refractivity contribution in [2.75, 3.05) is 19.0 Å². The maximum atomic E-state index is 5.68. The molecule has 0 saturated carbocycles. The zero-order valence-electron chi connectivity index (χ0n) is 8.44. The fraction of sp³-hybridized carbons (Fsp3) is 1.00. The molecule has 1 aliphatic heterocycles. The summed E-state index contributed by atoms with van der Waals surface area (Å²) < 4.78 is 0. The molecule has 0 radical (unpaired) electrons. The molecule has 0 aliphatic carbocycles. The van der Waals surface area contributed by atoms with E-state index in [4.69, 9.17) is 11.6 Å². The van der Waals surface area contributed by atoms with Gasteiger partial charge in [-0.3, -0.25) is 4.90 Å². The van der Waals surface area contributed by atoms with Crippen molar-refractivity contribution in [1.82, 2.24) is 4.90 Å². The maximum Gasteiger partial charge on any atom is 0.0235 e. The van der Waals surface area contributed by atoms with Gasteiger partial charge in [0, 0.05) is 18.0 Å². The van der Waals surface area contributed by atoms with Gasteiger partial charge in [-0.2, -0.15) is 0 Å². The number of rotatable bonds is 3. The van der Waals surface area contributed by atoms with Gasteiger partial charge in [-0.15, -0.1) is 11.6 Å². The zero-order valence-corrected chi connectivity index (χ0v) is 9.19. The van der Waals surface area contributed by atoms with Gasteiger partial charge in [0.25, 0.3) is 0 Å². The minimum atomic E-state index is 0.408. The van der Waals surface area contributed by atoms with Crippen LogP contribution in [0.25, 0.3) is 0 Å². The van der Waals surface area contributed by atoms with Crippen LogP contribution in [-0.2, 0) is 0 Å². The van der Waals surface area contributed by atoms with E-state index in [2.05, 4.69) is 25.7 Å². The normalized spacial score (nSPS) is 29.5. The molecule has 0 spiro atoms. The molecule has 1 saturated heterocycles. The maximum absolute atomic E-state index is 5.68. The number of nitrogens with zero attached hydrogens (tertiary/aromatic N) is 1. The van der Waals surface area contributed by atoms with Gasteiger partial charge in [0.2, 0.25) is 0 Å². The van der Waals surface area contributed by atoms with E-state index in [9.17, 15) is 0 Å². The van der Waals surface area contributed by atoms with Crippen LogP contribution in [0.1, 0.15) is 33.6 Å². The average Bonchev–Trinajstić information content (AvgIpc) is 2.20. The molecule has 1 fully saturated rings. The van der Waals surface area contributed by atoms with Crippen molar-refractivity contribution in [2.24, 2.45) is 5.92 Å². The third-order valence-corrected chi connectivity index (χ3v) is 3.07. The SMILES string of the molecule is CC1CN(CCCCl)C(C)(C)C1. The number of alkyl halides is 1. The lowest BCUT2D eigenvalue weighted by molar-refractivity contribution is 0.175.